The molecule has 7 heteroatoms. The van der Waals surface area contributed by atoms with Crippen molar-refractivity contribution in [1.82, 2.24) is 10.6 Å². The van der Waals surface area contributed by atoms with Crippen LogP contribution in [0.1, 0.15) is 32.1 Å². The maximum Gasteiger partial charge on any atom is 0.321 e. The highest BCUT2D eigenvalue weighted by atomic mass is 16.5. The van der Waals surface area contributed by atoms with Gasteiger partial charge in [-0.05, 0) is 24.7 Å². The van der Waals surface area contributed by atoms with Gasteiger partial charge in [-0.15, -0.1) is 0 Å². The molecular weight excluding hydrogens is 252 g/mol. The SMILES string of the molecule is COCCC1(CNC(=O)NC(=O)CCC(=O)O)CC1. The van der Waals surface area contributed by atoms with Gasteiger partial charge < -0.3 is 15.2 Å². The number of methoxy groups -OCH3 is 1. The molecule has 0 aromatic rings. The summed E-state index contributed by atoms with van der Waals surface area (Å²) < 4.78 is 5.01. The molecule has 0 heterocycles. The normalized spacial score (nSPS) is 15.6. The summed E-state index contributed by atoms with van der Waals surface area (Å²) in [7, 11) is 1.64. The number of imide groups is 1. The van der Waals surface area contributed by atoms with E-state index < -0.39 is 17.9 Å². The van der Waals surface area contributed by atoms with E-state index in [9.17, 15) is 14.4 Å². The number of hydrogen-bond donors (Lipinski definition) is 3. The minimum Gasteiger partial charge on any atom is -0.481 e. The van der Waals surface area contributed by atoms with Crippen molar-refractivity contribution in [2.45, 2.75) is 32.1 Å². The van der Waals surface area contributed by atoms with Gasteiger partial charge in [-0.2, -0.15) is 0 Å². The molecule has 3 amide bonds. The second kappa shape index (κ2) is 7.08. The number of amides is 3. The Labute approximate surface area is 111 Å². The Bertz CT molecular complexity index is 352. The number of carboxylic acids is 1. The third-order valence-electron chi connectivity index (χ3n) is 3.24. The Hall–Kier alpha value is -1.63. The van der Waals surface area contributed by atoms with Crippen LogP contribution in [0.3, 0.4) is 0 Å². The number of carbonyl (C=O) groups excluding carboxylic acids is 2. The maximum atomic E-state index is 11.4. The summed E-state index contributed by atoms with van der Waals surface area (Å²) in [6.45, 7) is 1.16. The van der Waals surface area contributed by atoms with Crippen molar-refractivity contribution in [3.8, 4) is 0 Å². The van der Waals surface area contributed by atoms with Gasteiger partial charge in [-0.25, -0.2) is 4.79 Å². The van der Waals surface area contributed by atoms with E-state index in [2.05, 4.69) is 10.6 Å². The predicted octanol–water partition coefficient (Wildman–Crippen LogP) is 0.494. The Morgan fingerprint density at radius 3 is 2.47 bits per heavy atom. The zero-order chi connectivity index (χ0) is 14.3. The first-order valence-electron chi connectivity index (χ1n) is 6.26. The van der Waals surface area contributed by atoms with Crippen LogP contribution in [0.25, 0.3) is 0 Å². The molecular formula is C12H20N2O5. The smallest absolute Gasteiger partial charge is 0.321 e. The third-order valence-corrected chi connectivity index (χ3v) is 3.24. The van der Waals surface area contributed by atoms with Crippen LogP contribution in [0.15, 0.2) is 0 Å². The molecule has 7 nitrogen and oxygen atoms in total. The van der Waals surface area contributed by atoms with Crippen LogP contribution >= 0.6 is 0 Å². The van der Waals surface area contributed by atoms with Gasteiger partial charge in [0, 0.05) is 26.7 Å². The highest BCUT2D eigenvalue weighted by Gasteiger charge is 2.42. The third kappa shape index (κ3) is 6.19. The van der Waals surface area contributed by atoms with Gasteiger partial charge in [0.1, 0.15) is 0 Å². The van der Waals surface area contributed by atoms with Crippen molar-refractivity contribution in [3.05, 3.63) is 0 Å². The van der Waals surface area contributed by atoms with Gasteiger partial charge in [-0.1, -0.05) is 0 Å². The molecule has 3 N–H and O–H groups in total. The fraction of sp³-hybridized carbons (Fsp3) is 0.750. The first-order chi connectivity index (χ1) is 8.97. The first kappa shape index (κ1) is 15.4. The molecule has 19 heavy (non-hydrogen) atoms. The van der Waals surface area contributed by atoms with E-state index in [1.165, 1.54) is 0 Å². The lowest BCUT2D eigenvalue weighted by atomic mass is 10.0. The van der Waals surface area contributed by atoms with Crippen LogP contribution in [0, 0.1) is 5.41 Å². The standard InChI is InChI=1S/C12H20N2O5/c1-19-7-6-12(4-5-12)8-13-11(18)14-9(15)2-3-10(16)17/h2-8H2,1H3,(H,16,17)(H2,13,14,15,18). The van der Waals surface area contributed by atoms with Gasteiger partial charge in [0.05, 0.1) is 6.42 Å². The summed E-state index contributed by atoms with van der Waals surface area (Å²) in [4.78, 5) is 32.9. The summed E-state index contributed by atoms with van der Waals surface area (Å²) in [5, 5.41) is 13.2. The summed E-state index contributed by atoms with van der Waals surface area (Å²) in [5.74, 6) is -1.64. The number of rotatable bonds is 8. The Morgan fingerprint density at radius 2 is 1.95 bits per heavy atom. The lowest BCUT2D eigenvalue weighted by Gasteiger charge is -2.15. The number of ether oxygens (including phenoxy) is 1. The number of hydrogen-bond acceptors (Lipinski definition) is 4. The second-order valence-electron chi connectivity index (χ2n) is 4.87. The molecule has 0 bridgehead atoms. The zero-order valence-corrected chi connectivity index (χ0v) is 11.0. The lowest BCUT2D eigenvalue weighted by Crippen LogP contribution is -2.42. The molecule has 0 aliphatic heterocycles. The summed E-state index contributed by atoms with van der Waals surface area (Å²) in [6, 6.07) is -0.570. The lowest BCUT2D eigenvalue weighted by molar-refractivity contribution is -0.138. The van der Waals surface area contributed by atoms with Gasteiger partial charge in [0.25, 0.3) is 0 Å². The quantitative estimate of drug-likeness (QED) is 0.596. The van der Waals surface area contributed by atoms with Crippen LogP contribution in [0.2, 0.25) is 0 Å². The van der Waals surface area contributed by atoms with E-state index in [4.69, 9.17) is 9.84 Å². The summed E-state index contributed by atoms with van der Waals surface area (Å²) in [5.41, 5.74) is 0.109. The molecule has 0 atom stereocenters. The van der Waals surface area contributed by atoms with E-state index in [1.54, 1.807) is 7.11 Å². The second-order valence-corrected chi connectivity index (χ2v) is 4.87. The summed E-state index contributed by atoms with van der Waals surface area (Å²) >= 11 is 0. The van der Waals surface area contributed by atoms with E-state index in [0.717, 1.165) is 19.3 Å². The number of carboxylic acid groups (broad SMARTS) is 1. The van der Waals surface area contributed by atoms with Crippen LogP contribution < -0.4 is 10.6 Å². The largest absolute Gasteiger partial charge is 0.481 e. The highest BCUT2D eigenvalue weighted by Crippen LogP contribution is 2.48. The Balaban J connectivity index is 2.17. The number of nitrogens with one attached hydrogen (secondary N) is 2. The predicted molar refractivity (Wildman–Crippen MR) is 66.6 cm³/mol. The molecule has 1 aliphatic rings. The van der Waals surface area contributed by atoms with Crippen molar-refractivity contribution in [2.24, 2.45) is 5.41 Å². The topological polar surface area (TPSA) is 105 Å². The van der Waals surface area contributed by atoms with Crippen LogP contribution in [-0.4, -0.2) is 43.3 Å². The van der Waals surface area contributed by atoms with Crippen LogP contribution in [-0.2, 0) is 14.3 Å². The molecule has 0 unspecified atom stereocenters. The van der Waals surface area contributed by atoms with E-state index in [-0.39, 0.29) is 18.3 Å². The van der Waals surface area contributed by atoms with Crippen LogP contribution in [0.5, 0.6) is 0 Å². The average Bonchev–Trinajstić information content (AvgIpc) is 3.12. The number of carbonyl (C=O) groups is 3. The minimum absolute atomic E-state index is 0.109. The van der Waals surface area contributed by atoms with Crippen molar-refractivity contribution in [3.63, 3.8) is 0 Å². The molecule has 1 saturated carbocycles. The van der Waals surface area contributed by atoms with Gasteiger partial charge in [0.2, 0.25) is 5.91 Å². The van der Waals surface area contributed by atoms with Gasteiger partial charge in [0.15, 0.2) is 0 Å². The zero-order valence-electron chi connectivity index (χ0n) is 11.0. The van der Waals surface area contributed by atoms with Crippen molar-refractivity contribution >= 4 is 17.9 Å². The van der Waals surface area contributed by atoms with Crippen molar-refractivity contribution in [1.29, 1.82) is 0 Å². The number of aliphatic carboxylic acids is 1. The minimum atomic E-state index is -1.06. The van der Waals surface area contributed by atoms with Gasteiger partial charge >= 0.3 is 12.0 Å². The molecule has 0 aromatic heterocycles. The Kier molecular flexibility index (Phi) is 5.75. The molecule has 108 valence electrons. The highest BCUT2D eigenvalue weighted by molar-refractivity contribution is 5.95. The summed E-state index contributed by atoms with van der Waals surface area (Å²) in [6.07, 6.45) is 2.50. The van der Waals surface area contributed by atoms with E-state index in [0.29, 0.717) is 13.2 Å². The molecule has 1 aliphatic carbocycles. The monoisotopic (exact) mass is 272 g/mol. The van der Waals surface area contributed by atoms with Crippen molar-refractivity contribution < 1.29 is 24.2 Å². The van der Waals surface area contributed by atoms with E-state index in [1.807, 2.05) is 0 Å². The molecule has 0 spiro atoms. The van der Waals surface area contributed by atoms with E-state index >= 15 is 0 Å². The average molecular weight is 272 g/mol. The Morgan fingerprint density at radius 1 is 1.26 bits per heavy atom. The maximum absolute atomic E-state index is 11.4. The number of urea groups is 1. The first-order valence-corrected chi connectivity index (χ1v) is 6.26. The molecule has 1 fully saturated rings. The fourth-order valence-corrected chi connectivity index (χ4v) is 1.73. The molecule has 0 radical (unpaired) electrons. The molecule has 0 saturated heterocycles. The van der Waals surface area contributed by atoms with Crippen molar-refractivity contribution in [2.75, 3.05) is 20.3 Å². The fourth-order valence-electron chi connectivity index (χ4n) is 1.73. The van der Waals surface area contributed by atoms with Gasteiger partial charge in [-0.3, -0.25) is 14.9 Å². The van der Waals surface area contributed by atoms with Crippen LogP contribution in [0.4, 0.5) is 4.79 Å². The molecule has 0 aromatic carbocycles. The molecule has 1 rings (SSSR count).